The van der Waals surface area contributed by atoms with Crippen molar-refractivity contribution in [2.75, 3.05) is 0 Å². The number of imidazole rings is 2. The molecule has 0 unspecified atom stereocenters. The number of fused-ring (bicyclic) bond motifs is 3. The lowest BCUT2D eigenvalue weighted by atomic mass is 10.2. The first kappa shape index (κ1) is 14.5. The van der Waals surface area contributed by atoms with E-state index in [4.69, 9.17) is 4.98 Å². The number of aromatic nitrogens is 3. The molecule has 0 amide bonds. The third-order valence-electron chi connectivity index (χ3n) is 4.27. The molecule has 3 nitrogen and oxygen atoms in total. The molecule has 3 heteroatoms. The first-order valence-corrected chi connectivity index (χ1v) is 8.08. The molecule has 4 rings (SSSR count). The van der Waals surface area contributed by atoms with Gasteiger partial charge < -0.3 is 0 Å². The van der Waals surface area contributed by atoms with Gasteiger partial charge in [0.2, 0.25) is 5.78 Å². The molecule has 0 atom stereocenters. The van der Waals surface area contributed by atoms with E-state index >= 15 is 0 Å². The quantitative estimate of drug-likeness (QED) is 0.505. The van der Waals surface area contributed by atoms with Crippen molar-refractivity contribution in [1.82, 2.24) is 14.0 Å². The van der Waals surface area contributed by atoms with Gasteiger partial charge in [0.15, 0.2) is 0 Å². The minimum Gasteiger partial charge on any atom is -0.278 e. The zero-order valence-corrected chi connectivity index (χ0v) is 13.9. The lowest BCUT2D eigenvalue weighted by molar-refractivity contribution is 1.10. The summed E-state index contributed by atoms with van der Waals surface area (Å²) in [6, 6.07) is 16.9. The number of allylic oxidation sites excluding steroid dienone is 1. The Morgan fingerprint density at radius 3 is 2.54 bits per heavy atom. The minimum absolute atomic E-state index is 0.899. The molecule has 4 aromatic rings. The Morgan fingerprint density at radius 1 is 1.04 bits per heavy atom. The molecule has 0 aliphatic carbocycles. The van der Waals surface area contributed by atoms with E-state index in [1.165, 1.54) is 5.56 Å². The van der Waals surface area contributed by atoms with Gasteiger partial charge in [0, 0.05) is 5.69 Å². The summed E-state index contributed by atoms with van der Waals surface area (Å²) in [6.45, 7) is 8.07. The van der Waals surface area contributed by atoms with Crippen LogP contribution in [0.15, 0.2) is 61.2 Å². The maximum atomic E-state index is 4.85. The van der Waals surface area contributed by atoms with E-state index < -0.39 is 0 Å². The fraction of sp³-hybridized carbons (Fsp3) is 0.0952. The Morgan fingerprint density at radius 2 is 1.83 bits per heavy atom. The zero-order chi connectivity index (χ0) is 16.7. The summed E-state index contributed by atoms with van der Waals surface area (Å²) < 4.78 is 4.42. The smallest absolute Gasteiger partial charge is 0.220 e. The van der Waals surface area contributed by atoms with E-state index in [-0.39, 0.29) is 0 Å². The molecule has 2 aromatic carbocycles. The van der Waals surface area contributed by atoms with Crippen LogP contribution in [0.4, 0.5) is 0 Å². The van der Waals surface area contributed by atoms with E-state index in [1.54, 1.807) is 0 Å². The van der Waals surface area contributed by atoms with E-state index in [0.29, 0.717) is 0 Å². The Labute approximate surface area is 141 Å². The number of hydrogen-bond donors (Lipinski definition) is 0. The number of nitrogens with zero attached hydrogens (tertiary/aromatic N) is 3. The second-order valence-corrected chi connectivity index (χ2v) is 5.88. The van der Waals surface area contributed by atoms with Crippen LogP contribution >= 0.6 is 0 Å². The maximum Gasteiger partial charge on any atom is 0.220 e. The topological polar surface area (TPSA) is 22.2 Å². The van der Waals surface area contributed by atoms with Crippen molar-refractivity contribution in [3.63, 3.8) is 0 Å². The number of rotatable bonds is 3. The monoisotopic (exact) mass is 313 g/mol. The predicted octanol–water partition coefficient (Wildman–Crippen LogP) is 5.26. The Balaban J connectivity index is 2.24. The van der Waals surface area contributed by atoms with Crippen LogP contribution in [0.2, 0.25) is 0 Å². The summed E-state index contributed by atoms with van der Waals surface area (Å²) in [5.41, 5.74) is 6.60. The van der Waals surface area contributed by atoms with Gasteiger partial charge in [-0.3, -0.25) is 8.97 Å². The Hall–Kier alpha value is -3.07. The van der Waals surface area contributed by atoms with Gasteiger partial charge in [0.1, 0.15) is 0 Å². The molecule has 0 saturated carbocycles. The third kappa shape index (κ3) is 2.02. The molecule has 118 valence electrons. The zero-order valence-electron chi connectivity index (χ0n) is 13.9. The summed E-state index contributed by atoms with van der Waals surface area (Å²) in [5.74, 6) is 0.907. The van der Waals surface area contributed by atoms with Gasteiger partial charge in [-0.15, -0.1) is 0 Å². The molecule has 0 N–H and O–H groups in total. The highest BCUT2D eigenvalue weighted by Gasteiger charge is 2.18. The van der Waals surface area contributed by atoms with E-state index in [2.05, 4.69) is 71.0 Å². The van der Waals surface area contributed by atoms with Crippen LogP contribution in [0.25, 0.3) is 34.7 Å². The summed E-state index contributed by atoms with van der Waals surface area (Å²) in [5, 5.41) is 0. The number of hydrogen-bond acceptors (Lipinski definition) is 1. The molecule has 0 aliphatic heterocycles. The standard InChI is InChI=1S/C21H19N3/c1-4-9-18-17(5-2)22-21-23(16-10-7-6-8-11-16)19-13-12-15(3)14-20(19)24(18)21/h4-14H,2H2,1,3H3/b9-4-. The molecule has 24 heavy (non-hydrogen) atoms. The van der Waals surface area contributed by atoms with Gasteiger partial charge in [-0.1, -0.05) is 36.9 Å². The van der Waals surface area contributed by atoms with Gasteiger partial charge in [0.25, 0.3) is 0 Å². The van der Waals surface area contributed by atoms with Crippen LogP contribution in [-0.4, -0.2) is 14.0 Å². The van der Waals surface area contributed by atoms with Crippen LogP contribution in [0.5, 0.6) is 0 Å². The van der Waals surface area contributed by atoms with Crippen molar-refractivity contribution in [2.24, 2.45) is 0 Å². The maximum absolute atomic E-state index is 4.85. The Kier molecular flexibility index (Phi) is 3.35. The molecular formula is C21H19N3. The minimum atomic E-state index is 0.899. The molecule has 0 fully saturated rings. The second kappa shape index (κ2) is 5.53. The average molecular weight is 313 g/mol. The first-order chi connectivity index (χ1) is 11.7. The molecule has 2 heterocycles. The van der Waals surface area contributed by atoms with Crippen LogP contribution < -0.4 is 0 Å². The fourth-order valence-electron chi connectivity index (χ4n) is 3.23. The summed E-state index contributed by atoms with van der Waals surface area (Å²) in [6.07, 6.45) is 5.95. The highest BCUT2D eigenvalue weighted by molar-refractivity contribution is 5.86. The number of benzene rings is 2. The predicted molar refractivity (Wildman–Crippen MR) is 102 cm³/mol. The van der Waals surface area contributed by atoms with Crippen LogP contribution in [0, 0.1) is 6.92 Å². The third-order valence-corrected chi connectivity index (χ3v) is 4.27. The number of aryl methyl sites for hydroxylation is 1. The van der Waals surface area contributed by atoms with E-state index in [9.17, 15) is 0 Å². The van der Waals surface area contributed by atoms with Gasteiger partial charge in [-0.25, -0.2) is 4.98 Å². The lowest BCUT2D eigenvalue weighted by Crippen LogP contribution is -1.94. The van der Waals surface area contributed by atoms with Crippen molar-refractivity contribution in [3.8, 4) is 5.69 Å². The highest BCUT2D eigenvalue weighted by atomic mass is 15.2. The van der Waals surface area contributed by atoms with Gasteiger partial charge in [0.05, 0.1) is 22.4 Å². The van der Waals surface area contributed by atoms with Crippen molar-refractivity contribution in [1.29, 1.82) is 0 Å². The largest absolute Gasteiger partial charge is 0.278 e. The summed E-state index contributed by atoms with van der Waals surface area (Å²) in [7, 11) is 0. The molecule has 0 bridgehead atoms. The van der Waals surface area contributed by atoms with E-state index in [1.807, 2.05) is 25.1 Å². The van der Waals surface area contributed by atoms with Crippen molar-refractivity contribution >= 4 is 29.0 Å². The van der Waals surface area contributed by atoms with Gasteiger partial charge in [-0.05, 0) is 55.8 Å². The van der Waals surface area contributed by atoms with Gasteiger partial charge >= 0.3 is 0 Å². The van der Waals surface area contributed by atoms with Crippen LogP contribution in [-0.2, 0) is 0 Å². The van der Waals surface area contributed by atoms with Crippen molar-refractivity contribution in [2.45, 2.75) is 13.8 Å². The Bertz CT molecular complexity index is 1080. The summed E-state index contributed by atoms with van der Waals surface area (Å²) in [4.78, 5) is 4.85. The molecule has 2 aromatic heterocycles. The molecule has 0 spiro atoms. The lowest BCUT2D eigenvalue weighted by Gasteiger charge is -2.04. The summed E-state index contributed by atoms with van der Waals surface area (Å²) >= 11 is 0. The van der Waals surface area contributed by atoms with Crippen molar-refractivity contribution in [3.05, 3.63) is 78.1 Å². The normalized spacial score (nSPS) is 11.8. The average Bonchev–Trinajstić information content (AvgIpc) is 3.10. The van der Waals surface area contributed by atoms with Crippen molar-refractivity contribution < 1.29 is 0 Å². The SMILES string of the molecule is C=Cc1nc2n(-c3ccccc3)c3ccc(C)cc3n2c1/C=C\C. The molecule has 0 aliphatic rings. The highest BCUT2D eigenvalue weighted by Crippen LogP contribution is 2.29. The molecule has 0 saturated heterocycles. The molecular weight excluding hydrogens is 294 g/mol. The second-order valence-electron chi connectivity index (χ2n) is 5.88. The van der Waals surface area contributed by atoms with E-state index in [0.717, 1.165) is 33.9 Å². The van der Waals surface area contributed by atoms with Gasteiger partial charge in [-0.2, -0.15) is 0 Å². The van der Waals surface area contributed by atoms with Crippen LogP contribution in [0.1, 0.15) is 23.9 Å². The number of para-hydroxylation sites is 1. The van der Waals surface area contributed by atoms with Crippen LogP contribution in [0.3, 0.4) is 0 Å². The molecule has 0 radical (unpaired) electrons. The fourth-order valence-corrected chi connectivity index (χ4v) is 3.23. The first-order valence-electron chi connectivity index (χ1n) is 8.08.